The first kappa shape index (κ1) is 11.4. The molecule has 5 heteroatoms. The molecule has 4 aliphatic rings. The van der Waals surface area contributed by atoms with Gasteiger partial charge in [-0.05, 0) is 62.7 Å². The third-order valence-corrected chi connectivity index (χ3v) is 5.44. The molecule has 0 aliphatic heterocycles. The van der Waals surface area contributed by atoms with Crippen LogP contribution in [0.3, 0.4) is 0 Å². The smallest absolute Gasteiger partial charge is 0.358 e. The van der Waals surface area contributed by atoms with Gasteiger partial charge in [0, 0.05) is 0 Å². The van der Waals surface area contributed by atoms with Crippen molar-refractivity contribution >= 4 is 5.97 Å². The molecule has 0 atom stereocenters. The lowest BCUT2D eigenvalue weighted by molar-refractivity contribution is -0.0391. The quantitative estimate of drug-likeness (QED) is 0.886. The number of aromatic nitrogens is 3. The molecule has 1 heterocycles. The van der Waals surface area contributed by atoms with Crippen LogP contribution in [0.25, 0.3) is 0 Å². The number of carboxylic acid groups (broad SMARTS) is 1. The Balaban J connectivity index is 1.69. The Morgan fingerprint density at radius 2 is 1.68 bits per heavy atom. The van der Waals surface area contributed by atoms with Crippen molar-refractivity contribution in [1.82, 2.24) is 15.0 Å². The highest BCUT2D eigenvalue weighted by Crippen LogP contribution is 2.57. The van der Waals surface area contributed by atoms with Gasteiger partial charge < -0.3 is 5.11 Å². The van der Waals surface area contributed by atoms with E-state index >= 15 is 0 Å². The van der Waals surface area contributed by atoms with Crippen molar-refractivity contribution in [2.45, 2.75) is 45.1 Å². The number of carboxylic acids is 1. The average molecular weight is 261 g/mol. The van der Waals surface area contributed by atoms with Gasteiger partial charge in [0.25, 0.3) is 0 Å². The Hall–Kier alpha value is -1.39. The average Bonchev–Trinajstić information content (AvgIpc) is 2.69. The van der Waals surface area contributed by atoms with E-state index in [2.05, 4.69) is 10.2 Å². The number of hydrogen-bond acceptors (Lipinski definition) is 3. The van der Waals surface area contributed by atoms with Gasteiger partial charge in [0.2, 0.25) is 0 Å². The Morgan fingerprint density at radius 1 is 1.11 bits per heavy atom. The zero-order valence-electron chi connectivity index (χ0n) is 11.1. The molecule has 5 nitrogen and oxygen atoms in total. The molecular formula is C14H19N3O2. The fourth-order valence-corrected chi connectivity index (χ4v) is 5.00. The highest BCUT2D eigenvalue weighted by Gasteiger charge is 2.49. The molecule has 4 saturated carbocycles. The zero-order valence-corrected chi connectivity index (χ0v) is 11.1. The first-order chi connectivity index (χ1) is 9.11. The summed E-state index contributed by atoms with van der Waals surface area (Å²) in [4.78, 5) is 12.8. The van der Waals surface area contributed by atoms with Crippen LogP contribution in [0, 0.1) is 30.6 Å². The van der Waals surface area contributed by atoms with Crippen LogP contribution in [0.2, 0.25) is 0 Å². The third kappa shape index (κ3) is 1.63. The van der Waals surface area contributed by atoms with Crippen LogP contribution in [0.5, 0.6) is 0 Å². The SMILES string of the molecule is Cc1nn(C2C3CC4CC(C3)CC2C4)nc1C(=O)O. The van der Waals surface area contributed by atoms with Crippen LogP contribution in [0.1, 0.15) is 54.3 Å². The number of hydrogen-bond donors (Lipinski definition) is 1. The maximum atomic E-state index is 11.1. The van der Waals surface area contributed by atoms with Gasteiger partial charge in [0.05, 0.1) is 11.7 Å². The van der Waals surface area contributed by atoms with E-state index in [1.807, 2.05) is 0 Å². The van der Waals surface area contributed by atoms with E-state index in [-0.39, 0.29) is 5.69 Å². The molecule has 1 aromatic heterocycles. The van der Waals surface area contributed by atoms with E-state index in [4.69, 9.17) is 5.11 Å². The molecule has 4 fully saturated rings. The Morgan fingerprint density at radius 3 is 2.16 bits per heavy atom. The largest absolute Gasteiger partial charge is 0.476 e. The molecule has 19 heavy (non-hydrogen) atoms. The van der Waals surface area contributed by atoms with Crippen molar-refractivity contribution in [2.75, 3.05) is 0 Å². The van der Waals surface area contributed by atoms with Gasteiger partial charge in [0.1, 0.15) is 0 Å². The summed E-state index contributed by atoms with van der Waals surface area (Å²) in [5.41, 5.74) is 0.662. The third-order valence-electron chi connectivity index (χ3n) is 5.44. The first-order valence-corrected chi connectivity index (χ1v) is 7.28. The van der Waals surface area contributed by atoms with Crippen molar-refractivity contribution in [3.05, 3.63) is 11.4 Å². The predicted molar refractivity (Wildman–Crippen MR) is 67.8 cm³/mol. The lowest BCUT2D eigenvalue weighted by atomic mass is 9.54. The highest BCUT2D eigenvalue weighted by atomic mass is 16.4. The summed E-state index contributed by atoms with van der Waals surface area (Å²) in [6, 6.07) is 0.347. The van der Waals surface area contributed by atoms with Crippen molar-refractivity contribution in [3.63, 3.8) is 0 Å². The second kappa shape index (κ2) is 3.81. The zero-order chi connectivity index (χ0) is 13.1. The van der Waals surface area contributed by atoms with Gasteiger partial charge in [-0.1, -0.05) is 0 Å². The van der Waals surface area contributed by atoms with E-state index in [1.165, 1.54) is 32.1 Å². The molecule has 0 aromatic carbocycles. The number of carbonyl (C=O) groups is 1. The van der Waals surface area contributed by atoms with Gasteiger partial charge in [-0.2, -0.15) is 9.90 Å². The Kier molecular flexibility index (Phi) is 2.29. The number of aromatic carboxylic acids is 1. The van der Waals surface area contributed by atoms with E-state index in [0.717, 1.165) is 11.8 Å². The molecular weight excluding hydrogens is 242 g/mol. The molecule has 0 radical (unpaired) electrons. The highest BCUT2D eigenvalue weighted by molar-refractivity contribution is 5.86. The molecule has 4 bridgehead atoms. The molecule has 0 unspecified atom stereocenters. The molecule has 0 amide bonds. The second-order valence-electron chi connectivity index (χ2n) is 6.68. The summed E-state index contributed by atoms with van der Waals surface area (Å²) >= 11 is 0. The maximum absolute atomic E-state index is 11.1. The summed E-state index contributed by atoms with van der Waals surface area (Å²) in [6.07, 6.45) is 6.59. The normalized spacial score (nSPS) is 39.7. The van der Waals surface area contributed by atoms with Crippen LogP contribution in [0.4, 0.5) is 0 Å². The van der Waals surface area contributed by atoms with Gasteiger partial charge in [-0.3, -0.25) is 0 Å². The molecule has 4 aliphatic carbocycles. The van der Waals surface area contributed by atoms with Crippen molar-refractivity contribution in [1.29, 1.82) is 0 Å². The Labute approximate surface area is 112 Å². The summed E-state index contributed by atoms with van der Waals surface area (Å²) in [6.45, 7) is 1.74. The van der Waals surface area contributed by atoms with Crippen LogP contribution in [0.15, 0.2) is 0 Å². The van der Waals surface area contributed by atoms with Gasteiger partial charge in [-0.15, -0.1) is 5.10 Å². The monoisotopic (exact) mass is 261 g/mol. The standard InChI is InChI=1S/C14H19N3O2/c1-7-12(14(18)19)16-17(15-7)13-10-3-8-2-9(5-10)6-11(13)4-8/h8-11,13H,2-6H2,1H3,(H,18,19). The topological polar surface area (TPSA) is 68.0 Å². The second-order valence-corrected chi connectivity index (χ2v) is 6.68. The van der Waals surface area contributed by atoms with E-state index in [1.54, 1.807) is 11.7 Å². The number of nitrogens with zero attached hydrogens (tertiary/aromatic N) is 3. The summed E-state index contributed by atoms with van der Waals surface area (Å²) in [5.74, 6) is 2.20. The lowest BCUT2D eigenvalue weighted by Gasteiger charge is -2.53. The van der Waals surface area contributed by atoms with E-state index in [0.29, 0.717) is 23.6 Å². The lowest BCUT2D eigenvalue weighted by Crippen LogP contribution is -2.46. The molecule has 1 N–H and O–H groups in total. The van der Waals surface area contributed by atoms with E-state index < -0.39 is 5.97 Å². The van der Waals surface area contributed by atoms with Crippen LogP contribution >= 0.6 is 0 Å². The van der Waals surface area contributed by atoms with Crippen molar-refractivity contribution < 1.29 is 9.90 Å². The molecule has 5 rings (SSSR count). The maximum Gasteiger partial charge on any atom is 0.358 e. The molecule has 0 spiro atoms. The number of aryl methyl sites for hydroxylation is 1. The summed E-state index contributed by atoms with van der Waals surface area (Å²) in [7, 11) is 0. The summed E-state index contributed by atoms with van der Waals surface area (Å²) < 4.78 is 0. The van der Waals surface area contributed by atoms with Gasteiger partial charge >= 0.3 is 5.97 Å². The van der Waals surface area contributed by atoms with Gasteiger partial charge in [-0.25, -0.2) is 4.79 Å². The predicted octanol–water partition coefficient (Wildman–Crippen LogP) is 2.28. The summed E-state index contributed by atoms with van der Waals surface area (Å²) in [5, 5.41) is 17.8. The van der Waals surface area contributed by atoms with Gasteiger partial charge in [0.15, 0.2) is 5.69 Å². The minimum atomic E-state index is -0.965. The molecule has 102 valence electrons. The molecule has 1 aromatic rings. The Bertz CT molecular complexity index is 509. The first-order valence-electron chi connectivity index (χ1n) is 7.28. The minimum absolute atomic E-state index is 0.119. The van der Waals surface area contributed by atoms with Crippen LogP contribution < -0.4 is 0 Å². The van der Waals surface area contributed by atoms with E-state index in [9.17, 15) is 4.79 Å². The fraction of sp³-hybridized carbons (Fsp3) is 0.786. The van der Waals surface area contributed by atoms with Crippen molar-refractivity contribution in [3.8, 4) is 0 Å². The van der Waals surface area contributed by atoms with Crippen LogP contribution in [-0.4, -0.2) is 26.1 Å². The van der Waals surface area contributed by atoms with Crippen LogP contribution in [-0.2, 0) is 0 Å². The minimum Gasteiger partial charge on any atom is -0.476 e. The van der Waals surface area contributed by atoms with Crippen molar-refractivity contribution in [2.24, 2.45) is 23.7 Å². The number of rotatable bonds is 2. The fourth-order valence-electron chi connectivity index (χ4n) is 5.00. The molecule has 0 saturated heterocycles.